The Kier molecular flexibility index (Phi) is 3.44. The molecule has 0 saturated heterocycles. The number of nitrogens with zero attached hydrogens (tertiary/aromatic N) is 1. The van der Waals surface area contributed by atoms with Crippen molar-refractivity contribution in [3.8, 4) is 0 Å². The van der Waals surface area contributed by atoms with Crippen molar-refractivity contribution < 1.29 is 5.11 Å². The second-order valence-corrected chi connectivity index (χ2v) is 5.58. The molecular formula is C15H18N2O3. The third-order valence-corrected chi connectivity index (χ3v) is 4.09. The number of aromatic amines is 1. The van der Waals surface area contributed by atoms with E-state index < -0.39 is 0 Å². The molecule has 20 heavy (non-hydrogen) atoms. The molecule has 0 bridgehead atoms. The van der Waals surface area contributed by atoms with Crippen LogP contribution in [0, 0.1) is 5.92 Å². The molecule has 1 aliphatic carbocycles. The minimum absolute atomic E-state index is 0.193. The van der Waals surface area contributed by atoms with E-state index in [2.05, 4.69) is 4.98 Å². The monoisotopic (exact) mass is 274 g/mol. The van der Waals surface area contributed by atoms with Gasteiger partial charge in [0.2, 0.25) is 0 Å². The maximum Gasteiger partial charge on any atom is 0.328 e. The van der Waals surface area contributed by atoms with E-state index in [-0.39, 0.29) is 23.3 Å². The summed E-state index contributed by atoms with van der Waals surface area (Å²) >= 11 is 0. The molecule has 1 heterocycles. The molecule has 0 amide bonds. The molecular weight excluding hydrogens is 256 g/mol. The van der Waals surface area contributed by atoms with Crippen LogP contribution in [0.15, 0.2) is 33.9 Å². The van der Waals surface area contributed by atoms with Crippen molar-refractivity contribution in [1.29, 1.82) is 0 Å². The highest BCUT2D eigenvalue weighted by Gasteiger charge is 2.21. The topological polar surface area (TPSA) is 75.1 Å². The average Bonchev–Trinajstić information content (AvgIpc) is 2.43. The van der Waals surface area contributed by atoms with E-state index >= 15 is 0 Å². The summed E-state index contributed by atoms with van der Waals surface area (Å²) in [5.74, 6) is 0.193. The molecule has 106 valence electrons. The van der Waals surface area contributed by atoms with Gasteiger partial charge in [-0.3, -0.25) is 9.36 Å². The molecule has 5 heteroatoms. The molecule has 2 N–H and O–H groups in total. The third kappa shape index (κ3) is 2.41. The predicted octanol–water partition coefficient (Wildman–Crippen LogP) is 1.24. The molecule has 1 aromatic carbocycles. The number of aliphatic hydroxyl groups excluding tert-OH is 1. The number of benzene rings is 1. The van der Waals surface area contributed by atoms with Crippen LogP contribution in [0.25, 0.3) is 10.9 Å². The summed E-state index contributed by atoms with van der Waals surface area (Å²) in [5.41, 5.74) is -0.0411. The van der Waals surface area contributed by atoms with Crippen molar-refractivity contribution in [2.75, 3.05) is 0 Å². The van der Waals surface area contributed by atoms with Gasteiger partial charge < -0.3 is 10.1 Å². The molecule has 3 rings (SSSR count). The molecule has 0 radical (unpaired) electrons. The van der Waals surface area contributed by atoms with Gasteiger partial charge in [0.15, 0.2) is 0 Å². The minimum Gasteiger partial charge on any atom is -0.393 e. The van der Waals surface area contributed by atoms with Gasteiger partial charge in [0.25, 0.3) is 5.56 Å². The highest BCUT2D eigenvalue weighted by molar-refractivity contribution is 5.76. The Morgan fingerprint density at radius 3 is 2.85 bits per heavy atom. The summed E-state index contributed by atoms with van der Waals surface area (Å²) in [6, 6.07) is 7.03. The van der Waals surface area contributed by atoms with Crippen LogP contribution in [-0.4, -0.2) is 20.8 Å². The first-order chi connectivity index (χ1) is 9.65. The smallest absolute Gasteiger partial charge is 0.328 e. The van der Waals surface area contributed by atoms with Gasteiger partial charge in [0, 0.05) is 6.54 Å². The van der Waals surface area contributed by atoms with Crippen molar-refractivity contribution in [2.45, 2.75) is 38.3 Å². The normalized spacial score (nSPS) is 23.1. The van der Waals surface area contributed by atoms with Crippen LogP contribution >= 0.6 is 0 Å². The number of aliphatic hydroxyl groups is 1. The van der Waals surface area contributed by atoms with E-state index in [1.807, 2.05) is 0 Å². The first-order valence-electron chi connectivity index (χ1n) is 7.05. The Morgan fingerprint density at radius 1 is 1.25 bits per heavy atom. The van der Waals surface area contributed by atoms with Crippen LogP contribution in [0.5, 0.6) is 0 Å². The fourth-order valence-electron chi connectivity index (χ4n) is 3.05. The van der Waals surface area contributed by atoms with Gasteiger partial charge in [-0.2, -0.15) is 0 Å². The van der Waals surface area contributed by atoms with E-state index in [9.17, 15) is 14.7 Å². The maximum absolute atomic E-state index is 12.4. The lowest BCUT2D eigenvalue weighted by molar-refractivity contribution is 0.0946. The van der Waals surface area contributed by atoms with E-state index in [0.717, 1.165) is 19.3 Å². The van der Waals surface area contributed by atoms with Crippen LogP contribution in [0.4, 0.5) is 0 Å². The Labute approximate surface area is 115 Å². The Balaban J connectivity index is 1.99. The van der Waals surface area contributed by atoms with Crippen LogP contribution < -0.4 is 11.2 Å². The number of rotatable bonds is 2. The molecule has 0 aliphatic heterocycles. The quantitative estimate of drug-likeness (QED) is 0.865. The third-order valence-electron chi connectivity index (χ3n) is 4.09. The maximum atomic E-state index is 12.4. The SMILES string of the molecule is O=c1[nH]c2ccccc2c(=O)n1CC1CCCC(O)C1. The minimum atomic E-state index is -0.367. The molecule has 2 atom stereocenters. The van der Waals surface area contributed by atoms with Crippen molar-refractivity contribution in [3.63, 3.8) is 0 Å². The van der Waals surface area contributed by atoms with Crippen molar-refractivity contribution in [2.24, 2.45) is 5.92 Å². The van der Waals surface area contributed by atoms with Gasteiger partial charge >= 0.3 is 5.69 Å². The molecule has 2 aromatic rings. The van der Waals surface area contributed by atoms with E-state index in [1.165, 1.54) is 4.57 Å². The first-order valence-corrected chi connectivity index (χ1v) is 7.05. The Bertz CT molecular complexity index is 732. The van der Waals surface area contributed by atoms with Gasteiger partial charge in [-0.1, -0.05) is 18.6 Å². The molecule has 0 spiro atoms. The fourth-order valence-corrected chi connectivity index (χ4v) is 3.05. The zero-order chi connectivity index (χ0) is 14.1. The van der Waals surface area contributed by atoms with Crippen molar-refractivity contribution >= 4 is 10.9 Å². The standard InChI is InChI=1S/C15H18N2O3/c18-11-5-3-4-10(8-11)9-17-14(19)12-6-1-2-7-13(12)16-15(17)20/h1-2,6-7,10-11,18H,3-5,8-9H2,(H,16,20). The van der Waals surface area contributed by atoms with Crippen LogP contribution in [0.2, 0.25) is 0 Å². The van der Waals surface area contributed by atoms with Gasteiger partial charge in [-0.25, -0.2) is 4.79 Å². The highest BCUT2D eigenvalue weighted by Crippen LogP contribution is 2.24. The predicted molar refractivity (Wildman–Crippen MR) is 76.8 cm³/mol. The lowest BCUT2D eigenvalue weighted by Crippen LogP contribution is -2.38. The highest BCUT2D eigenvalue weighted by atomic mass is 16.3. The number of hydrogen-bond acceptors (Lipinski definition) is 3. The van der Waals surface area contributed by atoms with Gasteiger partial charge in [0.05, 0.1) is 17.0 Å². The van der Waals surface area contributed by atoms with E-state index in [0.29, 0.717) is 23.9 Å². The molecule has 1 aliphatic rings. The lowest BCUT2D eigenvalue weighted by atomic mass is 9.87. The summed E-state index contributed by atoms with van der Waals surface area (Å²) in [4.78, 5) is 27.2. The number of hydrogen-bond donors (Lipinski definition) is 2. The zero-order valence-corrected chi connectivity index (χ0v) is 11.2. The van der Waals surface area contributed by atoms with Crippen molar-refractivity contribution in [3.05, 3.63) is 45.1 Å². The summed E-state index contributed by atoms with van der Waals surface area (Å²) in [5, 5.41) is 10.2. The molecule has 1 saturated carbocycles. The first kappa shape index (κ1) is 13.1. The second-order valence-electron chi connectivity index (χ2n) is 5.58. The van der Waals surface area contributed by atoms with Crippen molar-refractivity contribution in [1.82, 2.24) is 9.55 Å². The average molecular weight is 274 g/mol. The lowest BCUT2D eigenvalue weighted by Gasteiger charge is -2.25. The Morgan fingerprint density at radius 2 is 2.05 bits per heavy atom. The molecule has 1 fully saturated rings. The molecule has 2 unspecified atom stereocenters. The largest absolute Gasteiger partial charge is 0.393 e. The van der Waals surface area contributed by atoms with E-state index in [1.54, 1.807) is 24.3 Å². The molecule has 1 aromatic heterocycles. The number of para-hydroxylation sites is 1. The van der Waals surface area contributed by atoms with Gasteiger partial charge in [-0.05, 0) is 37.3 Å². The number of H-pyrrole nitrogens is 1. The van der Waals surface area contributed by atoms with Crippen LogP contribution in [0.3, 0.4) is 0 Å². The second kappa shape index (κ2) is 5.25. The summed E-state index contributed by atoms with van der Waals surface area (Å²) in [6.45, 7) is 0.385. The zero-order valence-electron chi connectivity index (χ0n) is 11.2. The van der Waals surface area contributed by atoms with Gasteiger partial charge in [-0.15, -0.1) is 0 Å². The summed E-state index contributed by atoms with van der Waals surface area (Å²) in [6.07, 6.45) is 3.09. The number of aromatic nitrogens is 2. The van der Waals surface area contributed by atoms with Crippen LogP contribution in [0.1, 0.15) is 25.7 Å². The summed E-state index contributed by atoms with van der Waals surface area (Å²) < 4.78 is 1.27. The number of fused-ring (bicyclic) bond motifs is 1. The Hall–Kier alpha value is -1.88. The van der Waals surface area contributed by atoms with Gasteiger partial charge in [0.1, 0.15) is 0 Å². The van der Waals surface area contributed by atoms with E-state index in [4.69, 9.17) is 0 Å². The summed E-state index contributed by atoms with van der Waals surface area (Å²) in [7, 11) is 0. The number of nitrogens with one attached hydrogen (secondary N) is 1. The van der Waals surface area contributed by atoms with Crippen LogP contribution in [-0.2, 0) is 6.54 Å². The molecule has 5 nitrogen and oxygen atoms in total. The fraction of sp³-hybridized carbons (Fsp3) is 0.467.